The van der Waals surface area contributed by atoms with E-state index in [0.717, 1.165) is 22.3 Å². The zero-order valence-corrected chi connectivity index (χ0v) is 9.33. The number of nitrogens with one attached hydrogen (secondary N) is 2. The summed E-state index contributed by atoms with van der Waals surface area (Å²) in [6.07, 6.45) is 3.31. The summed E-state index contributed by atoms with van der Waals surface area (Å²) in [6.45, 7) is 3.75. The van der Waals surface area contributed by atoms with Gasteiger partial charge in [-0.3, -0.25) is 0 Å². The highest BCUT2D eigenvalue weighted by atomic mass is 14.8. The van der Waals surface area contributed by atoms with E-state index < -0.39 is 0 Å². The zero-order valence-electron chi connectivity index (χ0n) is 9.33. The number of pyridine rings is 1. The molecule has 0 aliphatic rings. The predicted molar refractivity (Wildman–Crippen MR) is 65.6 cm³/mol. The number of nitrogens with two attached hydrogens (primary N) is 1. The first-order valence-electron chi connectivity index (χ1n) is 5.04. The van der Waals surface area contributed by atoms with Gasteiger partial charge in [0.2, 0.25) is 0 Å². The molecule has 2 rings (SSSR count). The fourth-order valence-electron chi connectivity index (χ4n) is 1.61. The molecule has 0 bridgehead atoms. The quantitative estimate of drug-likeness (QED) is 0.669. The summed E-state index contributed by atoms with van der Waals surface area (Å²) < 4.78 is 0. The Morgan fingerprint density at radius 3 is 2.94 bits per heavy atom. The van der Waals surface area contributed by atoms with Crippen molar-refractivity contribution in [2.24, 2.45) is 5.73 Å². The van der Waals surface area contributed by atoms with Crippen LogP contribution in [0, 0.1) is 12.3 Å². The van der Waals surface area contributed by atoms with Crippen molar-refractivity contribution < 1.29 is 0 Å². The third-order valence-electron chi connectivity index (χ3n) is 2.29. The van der Waals surface area contributed by atoms with E-state index in [2.05, 4.69) is 9.97 Å². The lowest BCUT2D eigenvalue weighted by Gasteiger charge is -1.99. The van der Waals surface area contributed by atoms with E-state index in [4.69, 9.17) is 11.1 Å². The number of H-pyrrole nitrogens is 1. The molecule has 0 radical (unpaired) electrons. The van der Waals surface area contributed by atoms with Crippen molar-refractivity contribution in [1.29, 1.82) is 5.41 Å². The highest BCUT2D eigenvalue weighted by Crippen LogP contribution is 2.14. The van der Waals surface area contributed by atoms with Crippen LogP contribution in [0.1, 0.15) is 18.2 Å². The smallest absolute Gasteiger partial charge is 0.137 e. The number of aromatic nitrogens is 2. The number of nitrogens with zero attached hydrogens (tertiary/aromatic N) is 1. The molecule has 2 aromatic rings. The topological polar surface area (TPSA) is 78.6 Å². The molecule has 0 fully saturated rings. The standard InChI is InChI=1S/C12H14N4/c1-7(13)3-11(14)10-5-9-4-8(2)16-12(9)15-6-10/h3-6,14H,13H2,1-2H3,(H,15,16). The maximum absolute atomic E-state index is 7.84. The minimum absolute atomic E-state index is 0.383. The first kappa shape index (κ1) is 10.4. The molecule has 0 amide bonds. The molecule has 4 nitrogen and oxygen atoms in total. The Morgan fingerprint density at radius 2 is 2.25 bits per heavy atom. The Morgan fingerprint density at radius 1 is 1.50 bits per heavy atom. The largest absolute Gasteiger partial charge is 0.402 e. The molecule has 0 unspecified atom stereocenters. The zero-order chi connectivity index (χ0) is 11.7. The lowest BCUT2D eigenvalue weighted by atomic mass is 10.1. The van der Waals surface area contributed by atoms with Gasteiger partial charge in [0.25, 0.3) is 0 Å². The van der Waals surface area contributed by atoms with Gasteiger partial charge in [-0.1, -0.05) is 0 Å². The van der Waals surface area contributed by atoms with Crippen molar-refractivity contribution in [2.75, 3.05) is 0 Å². The average molecular weight is 214 g/mol. The maximum Gasteiger partial charge on any atom is 0.137 e. The van der Waals surface area contributed by atoms with E-state index in [1.807, 2.05) is 19.1 Å². The van der Waals surface area contributed by atoms with Crippen molar-refractivity contribution in [2.45, 2.75) is 13.8 Å². The summed E-state index contributed by atoms with van der Waals surface area (Å²) in [6, 6.07) is 3.95. The third-order valence-corrected chi connectivity index (χ3v) is 2.29. The van der Waals surface area contributed by atoms with Gasteiger partial charge >= 0.3 is 0 Å². The number of aromatic amines is 1. The number of allylic oxidation sites excluding steroid dienone is 2. The predicted octanol–water partition coefficient (Wildman–Crippen LogP) is 2.10. The average Bonchev–Trinajstić information content (AvgIpc) is 2.55. The Labute approximate surface area is 93.7 Å². The maximum atomic E-state index is 7.84. The number of hydrogen-bond donors (Lipinski definition) is 3. The lowest BCUT2D eigenvalue weighted by Crippen LogP contribution is -2.00. The molecule has 0 saturated carbocycles. The van der Waals surface area contributed by atoms with Gasteiger partial charge in [-0.2, -0.15) is 0 Å². The van der Waals surface area contributed by atoms with Crippen LogP contribution in [0.5, 0.6) is 0 Å². The normalized spacial score (nSPS) is 12.0. The number of rotatable bonds is 2. The molecule has 4 heteroatoms. The van der Waals surface area contributed by atoms with Crippen LogP contribution in [0.15, 0.2) is 30.1 Å². The van der Waals surface area contributed by atoms with E-state index in [0.29, 0.717) is 11.4 Å². The molecule has 82 valence electrons. The summed E-state index contributed by atoms with van der Waals surface area (Å²) in [7, 11) is 0. The van der Waals surface area contributed by atoms with E-state index >= 15 is 0 Å². The van der Waals surface area contributed by atoms with E-state index in [9.17, 15) is 0 Å². The van der Waals surface area contributed by atoms with Crippen molar-refractivity contribution >= 4 is 16.7 Å². The second kappa shape index (κ2) is 3.81. The second-order valence-corrected chi connectivity index (χ2v) is 3.92. The third kappa shape index (κ3) is 1.95. The van der Waals surface area contributed by atoms with Crippen LogP contribution < -0.4 is 5.73 Å². The van der Waals surface area contributed by atoms with Crippen molar-refractivity contribution in [1.82, 2.24) is 9.97 Å². The van der Waals surface area contributed by atoms with Gasteiger partial charge in [0.05, 0.1) is 5.71 Å². The number of aryl methyl sites for hydroxylation is 1. The van der Waals surface area contributed by atoms with Crippen molar-refractivity contribution in [3.8, 4) is 0 Å². The summed E-state index contributed by atoms with van der Waals surface area (Å²) in [5.41, 5.74) is 9.23. The van der Waals surface area contributed by atoms with Crippen LogP contribution in [-0.2, 0) is 0 Å². The molecule has 2 heterocycles. The summed E-state index contributed by atoms with van der Waals surface area (Å²) >= 11 is 0. The van der Waals surface area contributed by atoms with Gasteiger partial charge in [0.1, 0.15) is 5.65 Å². The van der Waals surface area contributed by atoms with Gasteiger partial charge in [-0.15, -0.1) is 0 Å². The number of fused-ring (bicyclic) bond motifs is 1. The lowest BCUT2D eigenvalue weighted by molar-refractivity contribution is 1.24. The Bertz CT molecular complexity index is 574. The molecule has 0 spiro atoms. The van der Waals surface area contributed by atoms with Gasteiger partial charge in [0.15, 0.2) is 0 Å². The molecule has 16 heavy (non-hydrogen) atoms. The highest BCUT2D eigenvalue weighted by molar-refractivity contribution is 6.08. The van der Waals surface area contributed by atoms with Crippen LogP contribution in [-0.4, -0.2) is 15.7 Å². The van der Waals surface area contributed by atoms with Gasteiger partial charge in [0, 0.05) is 28.5 Å². The van der Waals surface area contributed by atoms with E-state index in [1.54, 1.807) is 19.2 Å². The first-order valence-corrected chi connectivity index (χ1v) is 5.04. The minimum Gasteiger partial charge on any atom is -0.402 e. The fourth-order valence-corrected chi connectivity index (χ4v) is 1.61. The van der Waals surface area contributed by atoms with E-state index in [-0.39, 0.29) is 0 Å². The first-order chi connectivity index (χ1) is 7.56. The minimum atomic E-state index is 0.383. The van der Waals surface area contributed by atoms with Crippen LogP contribution in [0.3, 0.4) is 0 Å². The summed E-state index contributed by atoms with van der Waals surface area (Å²) in [5.74, 6) is 0. The van der Waals surface area contributed by atoms with Crippen LogP contribution in [0.25, 0.3) is 11.0 Å². The molecule has 0 aliphatic carbocycles. The second-order valence-electron chi connectivity index (χ2n) is 3.92. The number of hydrogen-bond acceptors (Lipinski definition) is 3. The molecule has 0 atom stereocenters. The van der Waals surface area contributed by atoms with Gasteiger partial charge in [-0.05, 0) is 32.1 Å². The fraction of sp³-hybridized carbons (Fsp3) is 0.167. The van der Waals surface area contributed by atoms with Crippen molar-refractivity contribution in [3.63, 3.8) is 0 Å². The summed E-state index contributed by atoms with van der Waals surface area (Å²) in [4.78, 5) is 7.41. The van der Waals surface area contributed by atoms with Crippen molar-refractivity contribution in [3.05, 3.63) is 41.4 Å². The summed E-state index contributed by atoms with van der Waals surface area (Å²) in [5, 5.41) is 8.85. The highest BCUT2D eigenvalue weighted by Gasteiger charge is 2.03. The van der Waals surface area contributed by atoms with Crippen LogP contribution in [0.2, 0.25) is 0 Å². The Balaban J connectivity index is 2.46. The Kier molecular flexibility index (Phi) is 2.48. The monoisotopic (exact) mass is 214 g/mol. The molecule has 2 aromatic heterocycles. The van der Waals surface area contributed by atoms with Crippen LogP contribution >= 0.6 is 0 Å². The van der Waals surface area contributed by atoms with E-state index in [1.165, 1.54) is 0 Å². The SMILES string of the molecule is CC(N)=CC(=N)c1cnc2[nH]c(C)cc2c1. The molecular weight excluding hydrogens is 200 g/mol. The van der Waals surface area contributed by atoms with Crippen LogP contribution in [0.4, 0.5) is 0 Å². The molecule has 0 aliphatic heterocycles. The Hall–Kier alpha value is -2.10. The van der Waals surface area contributed by atoms with Gasteiger partial charge in [-0.25, -0.2) is 4.98 Å². The van der Waals surface area contributed by atoms with Gasteiger partial charge < -0.3 is 16.1 Å². The molecule has 4 N–H and O–H groups in total. The molecular formula is C12H14N4. The molecule has 0 saturated heterocycles. The molecule has 0 aromatic carbocycles.